The Morgan fingerprint density at radius 1 is 1.06 bits per heavy atom. The van der Waals surface area contributed by atoms with Gasteiger partial charge < -0.3 is 15.8 Å². The minimum Gasteiger partial charge on any atom is -0.469 e. The Morgan fingerprint density at radius 2 is 1.71 bits per heavy atom. The lowest BCUT2D eigenvalue weighted by molar-refractivity contribution is -0.146. The average Bonchev–Trinajstić information content (AvgIpc) is 2.89. The van der Waals surface area contributed by atoms with Crippen LogP contribution in [-0.4, -0.2) is 40.6 Å². The molecule has 1 fully saturated rings. The number of amidine groups is 1. The second kappa shape index (κ2) is 10.3. The number of methoxy groups -OCH3 is 1. The number of amides is 1. The number of hydrogen-bond donors (Lipinski definition) is 3. The number of nitrogens with two attached hydrogens (primary N) is 1. The predicted octanol–water partition coefficient (Wildman–Crippen LogP) is 2.65. The molecule has 1 aromatic heterocycles. The maximum absolute atomic E-state index is 13.3. The van der Waals surface area contributed by atoms with Gasteiger partial charge in [-0.15, -0.1) is 0 Å². The molecule has 4 N–H and O–H groups in total. The van der Waals surface area contributed by atoms with Crippen molar-refractivity contribution in [2.24, 2.45) is 11.7 Å². The molecule has 1 aliphatic rings. The molecule has 0 atom stereocenters. The van der Waals surface area contributed by atoms with Gasteiger partial charge in [0.05, 0.1) is 24.4 Å². The molecular formula is C26H27N5O4. The summed E-state index contributed by atoms with van der Waals surface area (Å²) in [5.74, 6) is -0.921. The van der Waals surface area contributed by atoms with Gasteiger partial charge >= 0.3 is 5.97 Å². The van der Waals surface area contributed by atoms with Gasteiger partial charge in [0.2, 0.25) is 0 Å². The van der Waals surface area contributed by atoms with E-state index in [1.54, 1.807) is 48.5 Å². The smallest absolute Gasteiger partial charge is 0.308 e. The molecule has 0 aliphatic heterocycles. The van der Waals surface area contributed by atoms with Crippen molar-refractivity contribution >= 4 is 17.7 Å². The largest absolute Gasteiger partial charge is 0.469 e. The minimum atomic E-state index is -0.527. The summed E-state index contributed by atoms with van der Waals surface area (Å²) in [6, 6.07) is 17.1. The molecule has 0 spiro atoms. The molecule has 0 saturated heterocycles. The van der Waals surface area contributed by atoms with E-state index < -0.39 is 11.5 Å². The summed E-state index contributed by atoms with van der Waals surface area (Å²) in [5.41, 5.74) is 7.20. The normalized spacial score (nSPS) is 17.4. The van der Waals surface area contributed by atoms with Crippen LogP contribution in [0.2, 0.25) is 0 Å². The first-order chi connectivity index (χ1) is 16.9. The second-order valence-electron chi connectivity index (χ2n) is 8.53. The van der Waals surface area contributed by atoms with Gasteiger partial charge in [0.25, 0.3) is 11.5 Å². The molecule has 0 unspecified atom stereocenters. The van der Waals surface area contributed by atoms with Gasteiger partial charge in [-0.25, -0.2) is 0 Å². The monoisotopic (exact) mass is 473 g/mol. The molecule has 1 saturated carbocycles. The highest BCUT2D eigenvalue weighted by molar-refractivity contribution is 5.96. The predicted molar refractivity (Wildman–Crippen MR) is 132 cm³/mol. The SMILES string of the molecule is COC(=O)C1CCC(NC(=O)c2cc(-c3ccc(C(=N)N)cc3)nn(-c3ccccc3)c2=O)CC1. The fourth-order valence-electron chi connectivity index (χ4n) is 4.27. The van der Waals surface area contributed by atoms with E-state index in [0.29, 0.717) is 48.2 Å². The Kier molecular flexibility index (Phi) is 7.05. The van der Waals surface area contributed by atoms with E-state index in [0.717, 1.165) is 0 Å². The van der Waals surface area contributed by atoms with Crippen molar-refractivity contribution in [2.75, 3.05) is 7.11 Å². The number of ether oxygens (including phenoxy) is 1. The molecule has 9 nitrogen and oxygen atoms in total. The topological polar surface area (TPSA) is 140 Å². The Balaban J connectivity index is 1.66. The highest BCUT2D eigenvalue weighted by atomic mass is 16.5. The van der Waals surface area contributed by atoms with Gasteiger partial charge in [0.15, 0.2) is 0 Å². The minimum absolute atomic E-state index is 0.0235. The molecule has 35 heavy (non-hydrogen) atoms. The van der Waals surface area contributed by atoms with Crippen molar-refractivity contribution in [1.29, 1.82) is 5.41 Å². The van der Waals surface area contributed by atoms with Crippen molar-refractivity contribution in [3.05, 3.63) is 82.1 Å². The van der Waals surface area contributed by atoms with Crippen LogP contribution in [0.4, 0.5) is 0 Å². The van der Waals surface area contributed by atoms with Crippen LogP contribution in [0.15, 0.2) is 65.5 Å². The number of aromatic nitrogens is 2. The van der Waals surface area contributed by atoms with E-state index in [1.165, 1.54) is 17.9 Å². The number of hydrogen-bond acceptors (Lipinski definition) is 6. The van der Waals surface area contributed by atoms with Crippen LogP contribution in [0.5, 0.6) is 0 Å². The van der Waals surface area contributed by atoms with Gasteiger partial charge in [-0.2, -0.15) is 9.78 Å². The molecule has 9 heteroatoms. The zero-order chi connectivity index (χ0) is 24.9. The van der Waals surface area contributed by atoms with Gasteiger partial charge in [0, 0.05) is 17.2 Å². The lowest BCUT2D eigenvalue weighted by atomic mass is 9.86. The zero-order valence-electron chi connectivity index (χ0n) is 19.4. The van der Waals surface area contributed by atoms with Crippen LogP contribution >= 0.6 is 0 Å². The number of nitrogens with one attached hydrogen (secondary N) is 2. The van der Waals surface area contributed by atoms with Crippen molar-refractivity contribution in [3.63, 3.8) is 0 Å². The third kappa shape index (κ3) is 5.29. The van der Waals surface area contributed by atoms with Gasteiger partial charge in [-0.3, -0.25) is 19.8 Å². The van der Waals surface area contributed by atoms with E-state index in [1.807, 2.05) is 6.07 Å². The van der Waals surface area contributed by atoms with E-state index in [4.69, 9.17) is 15.9 Å². The van der Waals surface area contributed by atoms with E-state index in [2.05, 4.69) is 10.4 Å². The molecule has 0 radical (unpaired) electrons. The Morgan fingerprint density at radius 3 is 2.31 bits per heavy atom. The van der Waals surface area contributed by atoms with Crippen molar-refractivity contribution in [3.8, 4) is 16.9 Å². The fraction of sp³-hybridized carbons (Fsp3) is 0.269. The average molecular weight is 474 g/mol. The van der Waals surface area contributed by atoms with Crippen LogP contribution in [0.1, 0.15) is 41.6 Å². The second-order valence-corrected chi connectivity index (χ2v) is 8.53. The molecule has 0 bridgehead atoms. The summed E-state index contributed by atoms with van der Waals surface area (Å²) in [6.07, 6.45) is 2.50. The van der Waals surface area contributed by atoms with Gasteiger partial charge in [0.1, 0.15) is 11.4 Å². The van der Waals surface area contributed by atoms with E-state index in [9.17, 15) is 14.4 Å². The number of nitrogen functional groups attached to an aromatic ring is 1. The molecule has 3 aromatic rings. The first-order valence-electron chi connectivity index (χ1n) is 11.4. The van der Waals surface area contributed by atoms with Crippen LogP contribution < -0.4 is 16.6 Å². The highest BCUT2D eigenvalue weighted by Crippen LogP contribution is 2.25. The van der Waals surface area contributed by atoms with Crippen LogP contribution in [-0.2, 0) is 9.53 Å². The highest BCUT2D eigenvalue weighted by Gasteiger charge is 2.28. The van der Waals surface area contributed by atoms with Gasteiger partial charge in [-0.1, -0.05) is 42.5 Å². The molecule has 1 aliphatic carbocycles. The van der Waals surface area contributed by atoms with Crippen LogP contribution in [0.3, 0.4) is 0 Å². The Hall–Kier alpha value is -4.27. The van der Waals surface area contributed by atoms with Crippen molar-refractivity contribution < 1.29 is 14.3 Å². The maximum Gasteiger partial charge on any atom is 0.308 e. The standard InChI is InChI=1S/C26H27N5O4/c1-35-26(34)18-11-13-19(14-12-18)29-24(32)21-15-22(16-7-9-17(10-8-16)23(27)28)30-31(25(21)33)20-5-3-2-4-6-20/h2-10,15,18-19H,11-14H2,1H3,(H3,27,28)(H,29,32). The summed E-state index contributed by atoms with van der Waals surface area (Å²) in [4.78, 5) is 38.3. The number of esters is 1. The third-order valence-corrected chi connectivity index (χ3v) is 6.25. The summed E-state index contributed by atoms with van der Waals surface area (Å²) in [7, 11) is 1.38. The van der Waals surface area contributed by atoms with E-state index >= 15 is 0 Å². The molecule has 4 rings (SSSR count). The van der Waals surface area contributed by atoms with Crippen LogP contribution in [0.25, 0.3) is 16.9 Å². The quantitative estimate of drug-likeness (QED) is 0.286. The fourth-order valence-corrected chi connectivity index (χ4v) is 4.27. The number of benzene rings is 2. The lowest BCUT2D eigenvalue weighted by Crippen LogP contribution is -2.41. The summed E-state index contributed by atoms with van der Waals surface area (Å²) in [5, 5.41) is 15.0. The van der Waals surface area contributed by atoms with Crippen molar-refractivity contribution in [2.45, 2.75) is 31.7 Å². The summed E-state index contributed by atoms with van der Waals surface area (Å²) >= 11 is 0. The molecule has 180 valence electrons. The first-order valence-corrected chi connectivity index (χ1v) is 11.4. The number of rotatable bonds is 6. The molecule has 1 heterocycles. The zero-order valence-corrected chi connectivity index (χ0v) is 19.4. The number of para-hydroxylation sites is 1. The van der Waals surface area contributed by atoms with E-state index in [-0.39, 0.29) is 29.3 Å². The summed E-state index contributed by atoms with van der Waals surface area (Å²) in [6.45, 7) is 0. The van der Waals surface area contributed by atoms with Crippen LogP contribution in [0, 0.1) is 11.3 Å². The first kappa shape index (κ1) is 23.9. The van der Waals surface area contributed by atoms with Gasteiger partial charge in [-0.05, 0) is 43.9 Å². The van der Waals surface area contributed by atoms with Crippen molar-refractivity contribution in [1.82, 2.24) is 15.1 Å². The number of carbonyl (C=O) groups is 2. The maximum atomic E-state index is 13.3. The third-order valence-electron chi connectivity index (χ3n) is 6.25. The number of carbonyl (C=O) groups excluding carboxylic acids is 2. The Labute approximate surface area is 202 Å². The molecule has 2 aromatic carbocycles. The Bertz CT molecular complexity index is 1290. The molecule has 1 amide bonds. The summed E-state index contributed by atoms with van der Waals surface area (Å²) < 4.78 is 6.05. The lowest BCUT2D eigenvalue weighted by Gasteiger charge is -2.27. The number of nitrogens with zero attached hydrogens (tertiary/aromatic N) is 2. The molecular weight excluding hydrogens is 446 g/mol.